The van der Waals surface area contributed by atoms with E-state index in [4.69, 9.17) is 10.5 Å². The Bertz CT molecular complexity index is 823. The van der Waals surface area contributed by atoms with Crippen LogP contribution in [0.2, 0.25) is 0 Å². The fraction of sp³-hybridized carbons (Fsp3) is 0.435. The summed E-state index contributed by atoms with van der Waals surface area (Å²) in [5.74, 6) is 0.533. The van der Waals surface area contributed by atoms with Gasteiger partial charge < -0.3 is 15.8 Å². The molecule has 27 heavy (non-hydrogen) atoms. The van der Waals surface area contributed by atoms with Gasteiger partial charge >= 0.3 is 0 Å². The zero-order valence-corrected chi connectivity index (χ0v) is 16.6. The molecule has 0 saturated carbocycles. The molecule has 0 spiro atoms. The molecular weight excluding hydrogens is 336 g/mol. The summed E-state index contributed by atoms with van der Waals surface area (Å²) in [7, 11) is 1.71. The van der Waals surface area contributed by atoms with Gasteiger partial charge in [0.25, 0.3) is 0 Å². The maximum atomic E-state index is 12.0. The van der Waals surface area contributed by atoms with Crippen molar-refractivity contribution in [1.82, 2.24) is 5.32 Å². The number of hydrogen-bond donors (Lipinski definition) is 2. The average Bonchev–Trinajstić information content (AvgIpc) is 2.72. The van der Waals surface area contributed by atoms with E-state index in [1.165, 1.54) is 16.7 Å². The summed E-state index contributed by atoms with van der Waals surface area (Å²) in [6.07, 6.45) is 3.86. The summed E-state index contributed by atoms with van der Waals surface area (Å²) in [4.78, 5) is 12.0. The molecular formula is C23H30N2O2. The summed E-state index contributed by atoms with van der Waals surface area (Å²) in [5, 5.41) is 3.60. The Morgan fingerprint density at radius 1 is 1.19 bits per heavy atom. The minimum Gasteiger partial charge on any atom is -0.497 e. The molecule has 2 aromatic carbocycles. The average molecular weight is 367 g/mol. The molecule has 0 aliphatic carbocycles. The molecule has 1 fully saturated rings. The van der Waals surface area contributed by atoms with Gasteiger partial charge in [-0.15, -0.1) is 0 Å². The molecule has 1 saturated heterocycles. The highest BCUT2D eigenvalue weighted by atomic mass is 16.5. The van der Waals surface area contributed by atoms with Crippen LogP contribution < -0.4 is 15.8 Å². The van der Waals surface area contributed by atoms with Gasteiger partial charge in [-0.3, -0.25) is 4.79 Å². The normalized spacial score (nSPS) is 19.7. The highest BCUT2D eigenvalue weighted by molar-refractivity contribution is 5.95. The van der Waals surface area contributed by atoms with Gasteiger partial charge in [0.1, 0.15) is 5.75 Å². The Morgan fingerprint density at radius 3 is 2.56 bits per heavy atom. The van der Waals surface area contributed by atoms with Gasteiger partial charge in [0.2, 0.25) is 5.91 Å². The molecule has 1 aliphatic heterocycles. The maximum absolute atomic E-state index is 12.0. The van der Waals surface area contributed by atoms with Crippen LogP contribution in [0.3, 0.4) is 0 Å². The molecule has 4 nitrogen and oxygen atoms in total. The first-order valence-electron chi connectivity index (χ1n) is 9.87. The number of hydrogen-bond acceptors (Lipinski definition) is 3. The topological polar surface area (TPSA) is 64.4 Å². The van der Waals surface area contributed by atoms with Crippen LogP contribution in [-0.2, 0) is 18.3 Å². The van der Waals surface area contributed by atoms with Gasteiger partial charge in [-0.05, 0) is 72.7 Å². The fourth-order valence-electron chi connectivity index (χ4n) is 4.64. The van der Waals surface area contributed by atoms with E-state index in [1.807, 2.05) is 12.1 Å². The molecule has 0 aromatic heterocycles. The number of amides is 1. The Kier molecular flexibility index (Phi) is 5.85. The van der Waals surface area contributed by atoms with Crippen molar-refractivity contribution < 1.29 is 9.53 Å². The molecule has 1 amide bonds. The zero-order valence-electron chi connectivity index (χ0n) is 16.6. The fourth-order valence-corrected chi connectivity index (χ4v) is 4.64. The number of carbonyl (C=O) groups excluding carboxylic acids is 1. The molecule has 4 heteroatoms. The van der Waals surface area contributed by atoms with Crippen molar-refractivity contribution in [3.05, 3.63) is 64.2 Å². The number of primary amides is 1. The van der Waals surface area contributed by atoms with E-state index in [9.17, 15) is 4.79 Å². The SMILES string of the molecule is CCc1c(C(N)=O)ccc(C2(c3cccc(OC)c3)CCCNC2)c1CC. The Hall–Kier alpha value is -2.33. The maximum Gasteiger partial charge on any atom is 0.248 e. The standard InChI is InChI=1S/C23H30N2O2/c1-4-18-19(5-2)21(11-10-20(18)22(24)26)23(12-7-13-25-15-23)16-8-6-9-17(14-16)27-3/h6,8-11,14,25H,4-5,7,12-13,15H2,1-3H3,(H2,24,26). The molecule has 1 unspecified atom stereocenters. The van der Waals surface area contributed by atoms with Crippen LogP contribution in [0.5, 0.6) is 5.75 Å². The van der Waals surface area contributed by atoms with Crippen molar-refractivity contribution in [2.75, 3.05) is 20.2 Å². The second-order valence-corrected chi connectivity index (χ2v) is 7.28. The van der Waals surface area contributed by atoms with Crippen molar-refractivity contribution in [3.63, 3.8) is 0 Å². The first kappa shape index (κ1) is 19.4. The van der Waals surface area contributed by atoms with E-state index in [0.717, 1.165) is 50.1 Å². The number of methoxy groups -OCH3 is 1. The third kappa shape index (κ3) is 3.46. The number of carbonyl (C=O) groups is 1. The predicted molar refractivity (Wildman–Crippen MR) is 110 cm³/mol. The van der Waals surface area contributed by atoms with Crippen LogP contribution in [0.15, 0.2) is 36.4 Å². The van der Waals surface area contributed by atoms with Gasteiger partial charge in [0.05, 0.1) is 7.11 Å². The second kappa shape index (κ2) is 8.13. The third-order valence-corrected chi connectivity index (χ3v) is 5.93. The lowest BCUT2D eigenvalue weighted by atomic mass is 9.67. The lowest BCUT2D eigenvalue weighted by Crippen LogP contribution is -2.45. The van der Waals surface area contributed by atoms with Crippen molar-refractivity contribution in [1.29, 1.82) is 0 Å². The minimum absolute atomic E-state index is 0.127. The van der Waals surface area contributed by atoms with E-state index >= 15 is 0 Å². The highest BCUT2D eigenvalue weighted by Crippen LogP contribution is 2.42. The van der Waals surface area contributed by atoms with Gasteiger partial charge in [0.15, 0.2) is 0 Å². The van der Waals surface area contributed by atoms with Gasteiger partial charge in [-0.1, -0.05) is 32.0 Å². The van der Waals surface area contributed by atoms with E-state index in [1.54, 1.807) is 7.11 Å². The monoisotopic (exact) mass is 366 g/mol. The highest BCUT2D eigenvalue weighted by Gasteiger charge is 2.38. The summed E-state index contributed by atoms with van der Waals surface area (Å²) in [5.41, 5.74) is 11.1. The van der Waals surface area contributed by atoms with Gasteiger partial charge in [-0.25, -0.2) is 0 Å². The summed E-state index contributed by atoms with van der Waals surface area (Å²) in [6.45, 7) is 6.18. The Balaban J connectivity index is 2.26. The number of benzene rings is 2. The molecule has 0 radical (unpaired) electrons. The molecule has 1 heterocycles. The predicted octanol–water partition coefficient (Wildman–Crippen LogP) is 3.59. The first-order valence-corrected chi connectivity index (χ1v) is 9.87. The number of piperidine rings is 1. The molecule has 1 atom stereocenters. The number of nitrogens with two attached hydrogens (primary N) is 1. The van der Waals surface area contributed by atoms with Crippen molar-refractivity contribution in [2.24, 2.45) is 5.73 Å². The van der Waals surface area contributed by atoms with Crippen LogP contribution in [0, 0.1) is 0 Å². The van der Waals surface area contributed by atoms with Crippen molar-refractivity contribution >= 4 is 5.91 Å². The number of nitrogens with one attached hydrogen (secondary N) is 1. The van der Waals surface area contributed by atoms with Crippen molar-refractivity contribution in [2.45, 2.75) is 44.9 Å². The molecule has 3 rings (SSSR count). The first-order chi connectivity index (χ1) is 13.1. The summed E-state index contributed by atoms with van der Waals surface area (Å²) < 4.78 is 5.50. The van der Waals surface area contributed by atoms with Crippen molar-refractivity contribution in [3.8, 4) is 5.75 Å². The lowest BCUT2D eigenvalue weighted by molar-refractivity contribution is 0.0999. The van der Waals surface area contributed by atoms with E-state index in [0.29, 0.717) is 5.56 Å². The van der Waals surface area contributed by atoms with Crippen LogP contribution in [-0.4, -0.2) is 26.1 Å². The molecule has 0 bridgehead atoms. The van der Waals surface area contributed by atoms with Crippen LogP contribution in [0.25, 0.3) is 0 Å². The summed E-state index contributed by atoms with van der Waals surface area (Å²) >= 11 is 0. The summed E-state index contributed by atoms with van der Waals surface area (Å²) in [6, 6.07) is 12.5. The molecule has 144 valence electrons. The van der Waals surface area contributed by atoms with Crippen LogP contribution in [0.4, 0.5) is 0 Å². The van der Waals surface area contributed by atoms with Gasteiger partial charge in [-0.2, -0.15) is 0 Å². The number of rotatable bonds is 6. The van der Waals surface area contributed by atoms with Gasteiger partial charge in [0, 0.05) is 17.5 Å². The minimum atomic E-state index is -0.342. The largest absolute Gasteiger partial charge is 0.497 e. The smallest absolute Gasteiger partial charge is 0.248 e. The second-order valence-electron chi connectivity index (χ2n) is 7.28. The van der Waals surface area contributed by atoms with E-state index in [-0.39, 0.29) is 11.3 Å². The molecule has 2 aromatic rings. The third-order valence-electron chi connectivity index (χ3n) is 5.93. The number of ether oxygens (including phenoxy) is 1. The molecule has 1 aliphatic rings. The Labute approximate surface area is 162 Å². The lowest BCUT2D eigenvalue weighted by Gasteiger charge is -2.41. The quantitative estimate of drug-likeness (QED) is 0.821. The zero-order chi connectivity index (χ0) is 19.4. The van der Waals surface area contributed by atoms with E-state index in [2.05, 4.69) is 43.4 Å². The van der Waals surface area contributed by atoms with Crippen LogP contribution in [0.1, 0.15) is 59.3 Å². The van der Waals surface area contributed by atoms with E-state index < -0.39 is 0 Å². The molecule has 3 N–H and O–H groups in total. The Morgan fingerprint density at radius 2 is 1.96 bits per heavy atom. The van der Waals surface area contributed by atoms with Crippen LogP contribution >= 0.6 is 0 Å².